The largest absolute Gasteiger partial charge is 0.500 e. The number of carbonyl (C=O) groups excluding carboxylic acids is 1. The van der Waals surface area contributed by atoms with E-state index in [2.05, 4.69) is 32.9 Å². The molecule has 0 amide bonds. The average molecular weight is 373 g/mol. The van der Waals surface area contributed by atoms with Crippen LogP contribution in [-0.4, -0.2) is 50.8 Å². The lowest BCUT2D eigenvalue weighted by Gasteiger charge is -2.24. The molecule has 0 spiro atoms. The van der Waals surface area contributed by atoms with Gasteiger partial charge in [0.1, 0.15) is 8.07 Å². The van der Waals surface area contributed by atoms with Crippen LogP contribution in [0.3, 0.4) is 0 Å². The molecule has 0 radical (unpaired) electrons. The minimum atomic E-state index is -2.53. The van der Waals surface area contributed by atoms with E-state index in [1.165, 1.54) is 0 Å². The normalized spacial score (nSPS) is 10.9. The van der Waals surface area contributed by atoms with E-state index in [4.69, 9.17) is 18.0 Å². The fourth-order valence-corrected chi connectivity index (χ4v) is 3.57. The first-order chi connectivity index (χ1) is 11.2. The van der Waals surface area contributed by atoms with Crippen LogP contribution in [0, 0.1) is 0 Å². The molecule has 0 saturated heterocycles. The number of hydrogen-bond acceptors (Lipinski definition) is 5. The van der Waals surface area contributed by atoms with Crippen molar-refractivity contribution in [3.63, 3.8) is 0 Å². The molecular weight excluding hydrogens is 340 g/mol. The van der Waals surface area contributed by atoms with Gasteiger partial charge in [0, 0.05) is 32.9 Å². The molecule has 0 atom stereocenters. The fraction of sp³-hybridized carbons (Fsp3) is 0.471. The van der Waals surface area contributed by atoms with Crippen molar-refractivity contribution >= 4 is 22.8 Å². The average Bonchev–Trinajstić information content (AvgIpc) is 2.62. The van der Waals surface area contributed by atoms with Gasteiger partial charge in [0.2, 0.25) is 0 Å². The summed E-state index contributed by atoms with van der Waals surface area (Å²) in [6.07, 6.45) is 0.640. The Labute approximate surface area is 149 Å². The van der Waals surface area contributed by atoms with Gasteiger partial charge in [-0.1, -0.05) is 30.2 Å². The van der Waals surface area contributed by atoms with Crippen LogP contribution in [0.5, 0.6) is 0 Å². The Bertz CT molecular complexity index is 401. The predicted molar refractivity (Wildman–Crippen MR) is 104 cm³/mol. The fourth-order valence-electron chi connectivity index (χ4n) is 1.38. The van der Waals surface area contributed by atoms with Gasteiger partial charge < -0.3 is 18.0 Å². The highest BCUT2D eigenvalue weighted by molar-refractivity contribution is 6.91. The summed E-state index contributed by atoms with van der Waals surface area (Å²) < 4.78 is 20.6. The van der Waals surface area contributed by atoms with Gasteiger partial charge in [-0.15, -0.1) is 19.7 Å². The van der Waals surface area contributed by atoms with Gasteiger partial charge in [0.15, 0.2) is 0 Å². The molecule has 0 heterocycles. The second-order valence-electron chi connectivity index (χ2n) is 5.29. The quantitative estimate of drug-likeness (QED) is 0.240. The molecule has 0 aliphatic carbocycles. The highest BCUT2D eigenvalue weighted by Crippen LogP contribution is 2.14. The maximum Gasteiger partial charge on any atom is 0.500 e. The molecule has 24 heavy (non-hydrogen) atoms. The van der Waals surface area contributed by atoms with E-state index in [9.17, 15) is 4.79 Å². The van der Waals surface area contributed by atoms with Crippen LogP contribution >= 0.6 is 0 Å². The Morgan fingerprint density at radius 1 is 1.00 bits per heavy atom. The summed E-state index contributed by atoms with van der Waals surface area (Å²) in [7, 11) is 0.754. The molecule has 5 nitrogen and oxygen atoms in total. The van der Waals surface area contributed by atoms with Crippen LogP contribution in [0.1, 0.15) is 13.3 Å². The van der Waals surface area contributed by atoms with Crippen molar-refractivity contribution in [3.8, 4) is 0 Å². The Kier molecular flexibility index (Phi) is 13.6. The third-order valence-electron chi connectivity index (χ3n) is 3.46. The van der Waals surface area contributed by atoms with Gasteiger partial charge in [-0.2, -0.15) is 0 Å². The smallest absolute Gasteiger partial charge is 0.462 e. The molecule has 0 N–H and O–H groups in total. The molecule has 0 aromatic heterocycles. The Morgan fingerprint density at radius 3 is 1.67 bits per heavy atom. The topological polar surface area (TPSA) is 54.0 Å². The first-order valence-electron chi connectivity index (χ1n) is 7.58. The zero-order valence-corrected chi connectivity index (χ0v) is 17.7. The molecule has 0 fully saturated rings. The van der Waals surface area contributed by atoms with Crippen molar-refractivity contribution in [3.05, 3.63) is 49.0 Å². The summed E-state index contributed by atoms with van der Waals surface area (Å²) in [5.74, 6) is -0.375. The minimum Gasteiger partial charge on any atom is -0.462 e. The van der Waals surface area contributed by atoms with Crippen molar-refractivity contribution in [2.75, 3.05) is 27.9 Å². The molecule has 0 rings (SSSR count). The molecule has 0 aliphatic heterocycles. The number of rotatable bonds is 11. The van der Waals surface area contributed by atoms with Gasteiger partial charge in [0.25, 0.3) is 0 Å². The number of ether oxygens (including phenoxy) is 1. The van der Waals surface area contributed by atoms with Crippen molar-refractivity contribution in [1.82, 2.24) is 0 Å². The molecule has 0 bridgehead atoms. The molecule has 7 heteroatoms. The van der Waals surface area contributed by atoms with Crippen molar-refractivity contribution in [2.24, 2.45) is 0 Å². The van der Waals surface area contributed by atoms with Gasteiger partial charge in [-0.05, 0) is 13.3 Å². The summed E-state index contributed by atoms with van der Waals surface area (Å²) in [5, 5.41) is 0. The van der Waals surface area contributed by atoms with E-state index in [1.807, 2.05) is 17.1 Å². The van der Waals surface area contributed by atoms with E-state index >= 15 is 0 Å². The zero-order valence-electron chi connectivity index (χ0n) is 15.7. The summed E-state index contributed by atoms with van der Waals surface area (Å²) in [6.45, 7) is 18.6. The standard InChI is InChI=1S/C10H20O5Si.C7H12Si/c1-9(2)10(11)15-7-6-8-16(12-3,13-4)14-5;1-5-8(4,6-2)7-3/h1,6-8H2,2-5H3;5-7H,1-3H2,4H3. The molecule has 0 aromatic rings. The van der Waals surface area contributed by atoms with Crippen LogP contribution in [0.4, 0.5) is 0 Å². The van der Waals surface area contributed by atoms with Gasteiger partial charge in [0.05, 0.1) is 6.61 Å². The minimum absolute atomic E-state index is 0.316. The predicted octanol–water partition coefficient (Wildman–Crippen LogP) is 3.61. The monoisotopic (exact) mass is 372 g/mol. The first kappa shape index (κ1) is 25.0. The van der Waals surface area contributed by atoms with Crippen LogP contribution in [0.25, 0.3) is 0 Å². The van der Waals surface area contributed by atoms with E-state index in [1.54, 1.807) is 28.3 Å². The van der Waals surface area contributed by atoms with Gasteiger partial charge >= 0.3 is 14.8 Å². The van der Waals surface area contributed by atoms with Crippen molar-refractivity contribution < 1.29 is 22.8 Å². The van der Waals surface area contributed by atoms with Crippen LogP contribution in [0.2, 0.25) is 12.6 Å². The second-order valence-corrected chi connectivity index (χ2v) is 12.3. The third kappa shape index (κ3) is 9.79. The summed E-state index contributed by atoms with van der Waals surface area (Å²) >= 11 is 0. The Balaban J connectivity index is 0. The molecule has 0 saturated carbocycles. The van der Waals surface area contributed by atoms with E-state index in [-0.39, 0.29) is 5.97 Å². The molecule has 138 valence electrons. The summed E-state index contributed by atoms with van der Waals surface area (Å²) in [5.41, 5.74) is 6.25. The SMILES string of the molecule is C=C(C)C(=O)OCCC[Si](OC)(OC)OC.C=C[Si](C)(C=C)C=C. The lowest BCUT2D eigenvalue weighted by molar-refractivity contribution is -0.139. The van der Waals surface area contributed by atoms with Crippen LogP contribution in [0.15, 0.2) is 49.0 Å². The van der Waals surface area contributed by atoms with Crippen LogP contribution < -0.4 is 0 Å². The van der Waals surface area contributed by atoms with Gasteiger partial charge in [-0.25, -0.2) is 4.79 Å². The van der Waals surface area contributed by atoms with Gasteiger partial charge in [-0.3, -0.25) is 0 Å². The third-order valence-corrected chi connectivity index (χ3v) is 8.93. The highest BCUT2D eigenvalue weighted by Gasteiger charge is 2.36. The molecule has 0 aliphatic rings. The molecule has 0 unspecified atom stereocenters. The van der Waals surface area contributed by atoms with Crippen LogP contribution in [-0.2, 0) is 22.8 Å². The van der Waals surface area contributed by atoms with E-state index < -0.39 is 16.9 Å². The highest BCUT2D eigenvalue weighted by atomic mass is 28.4. The summed E-state index contributed by atoms with van der Waals surface area (Å²) in [6, 6.07) is 0.611. The number of carbonyl (C=O) groups is 1. The lowest BCUT2D eigenvalue weighted by Crippen LogP contribution is -2.42. The Hall–Kier alpha value is -1.26. The maximum atomic E-state index is 11.1. The molecule has 0 aromatic carbocycles. The second kappa shape index (κ2) is 13.1. The Morgan fingerprint density at radius 2 is 1.42 bits per heavy atom. The van der Waals surface area contributed by atoms with Crippen molar-refractivity contribution in [1.29, 1.82) is 0 Å². The number of hydrogen-bond donors (Lipinski definition) is 0. The number of esters is 1. The van der Waals surface area contributed by atoms with E-state index in [0.717, 1.165) is 0 Å². The lowest BCUT2D eigenvalue weighted by atomic mass is 10.4. The zero-order chi connectivity index (χ0) is 19.2. The summed E-state index contributed by atoms with van der Waals surface area (Å²) in [4.78, 5) is 11.1. The first-order valence-corrected chi connectivity index (χ1v) is 12.2. The van der Waals surface area contributed by atoms with Crippen molar-refractivity contribution in [2.45, 2.75) is 25.9 Å². The van der Waals surface area contributed by atoms with E-state index in [0.29, 0.717) is 24.6 Å². The molecular formula is C17H32O5Si2. The maximum absolute atomic E-state index is 11.1.